The van der Waals surface area contributed by atoms with Crippen LogP contribution in [0.4, 0.5) is 4.39 Å². The molecule has 2 aromatic rings. The number of pyridine rings is 1. The molecule has 7 nitrogen and oxygen atoms in total. The fraction of sp³-hybridized carbons (Fsp3) is 0.389. The molecule has 0 aromatic carbocycles. The first kappa shape index (κ1) is 17.9. The molecule has 26 heavy (non-hydrogen) atoms. The molecule has 2 heterocycles. The molecule has 0 radical (unpaired) electrons. The van der Waals surface area contributed by atoms with Gasteiger partial charge in [-0.15, -0.1) is 0 Å². The van der Waals surface area contributed by atoms with Gasteiger partial charge < -0.3 is 10.6 Å². The number of halogens is 1. The smallest absolute Gasteiger partial charge is 0.289 e. The lowest BCUT2D eigenvalue weighted by Crippen LogP contribution is -2.38. The molecule has 0 atom stereocenters. The fourth-order valence-electron chi connectivity index (χ4n) is 2.78. The summed E-state index contributed by atoms with van der Waals surface area (Å²) in [6.45, 7) is 4.58. The monoisotopic (exact) mass is 357 g/mol. The summed E-state index contributed by atoms with van der Waals surface area (Å²) in [6, 6.07) is 0. The van der Waals surface area contributed by atoms with E-state index in [1.54, 1.807) is 12.4 Å². The van der Waals surface area contributed by atoms with E-state index in [-0.39, 0.29) is 17.1 Å². The maximum atomic E-state index is 12.8. The van der Waals surface area contributed by atoms with Gasteiger partial charge in [0.05, 0.1) is 12.4 Å². The van der Waals surface area contributed by atoms with Crippen LogP contribution in [-0.2, 0) is 0 Å². The van der Waals surface area contributed by atoms with Crippen molar-refractivity contribution in [3.8, 4) is 0 Å². The summed E-state index contributed by atoms with van der Waals surface area (Å²) in [4.78, 5) is 35.9. The van der Waals surface area contributed by atoms with Crippen LogP contribution in [0.15, 0.2) is 24.8 Å². The Labute approximate surface area is 150 Å². The van der Waals surface area contributed by atoms with Gasteiger partial charge in [0.25, 0.3) is 11.8 Å². The summed E-state index contributed by atoms with van der Waals surface area (Å²) in [7, 11) is 0. The lowest BCUT2D eigenvalue weighted by atomic mass is 10.0. The van der Waals surface area contributed by atoms with E-state index in [9.17, 15) is 14.0 Å². The highest BCUT2D eigenvalue weighted by atomic mass is 19.1. The molecule has 1 aliphatic carbocycles. The molecule has 8 heteroatoms. The zero-order valence-corrected chi connectivity index (χ0v) is 14.7. The molecule has 0 bridgehead atoms. The van der Waals surface area contributed by atoms with Gasteiger partial charge in [-0.05, 0) is 37.8 Å². The van der Waals surface area contributed by atoms with Crippen molar-refractivity contribution in [2.45, 2.75) is 26.7 Å². The molecular weight excluding hydrogens is 337 g/mol. The first-order chi connectivity index (χ1) is 12.4. The van der Waals surface area contributed by atoms with E-state index in [0.29, 0.717) is 18.7 Å². The van der Waals surface area contributed by atoms with Crippen LogP contribution in [0.5, 0.6) is 0 Å². The van der Waals surface area contributed by atoms with Gasteiger partial charge in [-0.25, -0.2) is 14.4 Å². The number of hydrogen-bond donors (Lipinski definition) is 2. The minimum Gasteiger partial charge on any atom is -0.351 e. The number of aryl methyl sites for hydroxylation is 2. The van der Waals surface area contributed by atoms with E-state index >= 15 is 0 Å². The molecule has 1 aliphatic rings. The van der Waals surface area contributed by atoms with Crippen molar-refractivity contribution in [1.82, 2.24) is 25.6 Å². The van der Waals surface area contributed by atoms with Gasteiger partial charge in [0.15, 0.2) is 5.82 Å². The summed E-state index contributed by atoms with van der Waals surface area (Å²) in [5.41, 5.74) is 2.14. The molecule has 1 fully saturated rings. The van der Waals surface area contributed by atoms with Crippen LogP contribution in [0.1, 0.15) is 44.9 Å². The lowest BCUT2D eigenvalue weighted by molar-refractivity contribution is 0.0928. The normalized spacial score (nSPS) is 14.6. The predicted octanol–water partition coefficient (Wildman–Crippen LogP) is 1.57. The Morgan fingerprint density at radius 1 is 1.00 bits per heavy atom. The Bertz CT molecular complexity index is 814. The van der Waals surface area contributed by atoms with Crippen LogP contribution in [0.3, 0.4) is 0 Å². The zero-order valence-electron chi connectivity index (χ0n) is 14.7. The summed E-state index contributed by atoms with van der Waals surface area (Å²) in [5, 5.41) is 5.72. The number of hydrogen-bond acceptors (Lipinski definition) is 5. The van der Waals surface area contributed by atoms with Crippen molar-refractivity contribution in [3.63, 3.8) is 0 Å². The number of amides is 2. The summed E-state index contributed by atoms with van der Waals surface area (Å²) in [6.07, 6.45) is 7.05. The Balaban J connectivity index is 1.54. The summed E-state index contributed by atoms with van der Waals surface area (Å²) in [5.74, 6) is -1.26. The average molecular weight is 357 g/mol. The largest absolute Gasteiger partial charge is 0.351 e. The first-order valence-corrected chi connectivity index (χ1v) is 8.35. The lowest BCUT2D eigenvalue weighted by Gasteiger charge is -2.17. The molecule has 0 saturated heterocycles. The highest BCUT2D eigenvalue weighted by molar-refractivity contribution is 5.96. The van der Waals surface area contributed by atoms with E-state index in [4.69, 9.17) is 0 Å². The molecule has 2 aromatic heterocycles. The van der Waals surface area contributed by atoms with Crippen LogP contribution in [0.2, 0.25) is 0 Å². The summed E-state index contributed by atoms with van der Waals surface area (Å²) < 4.78 is 12.8. The second kappa shape index (κ2) is 7.15. The highest BCUT2D eigenvalue weighted by Gasteiger charge is 2.43. The van der Waals surface area contributed by atoms with Gasteiger partial charge in [-0.3, -0.25) is 14.6 Å². The third-order valence-corrected chi connectivity index (χ3v) is 4.58. The van der Waals surface area contributed by atoms with E-state index in [1.165, 1.54) is 0 Å². The number of nitrogens with zero attached hydrogens (tertiary/aromatic N) is 3. The summed E-state index contributed by atoms with van der Waals surface area (Å²) >= 11 is 0. The maximum absolute atomic E-state index is 12.8. The Morgan fingerprint density at radius 2 is 1.54 bits per heavy atom. The SMILES string of the molecule is Cc1cncc(C)c1C(=O)NCC1(CNC(=O)c2ncc(F)cn2)CC1. The van der Waals surface area contributed by atoms with Crippen LogP contribution in [0, 0.1) is 25.1 Å². The van der Waals surface area contributed by atoms with Crippen molar-refractivity contribution in [2.24, 2.45) is 5.41 Å². The van der Waals surface area contributed by atoms with Gasteiger partial charge in [0.1, 0.15) is 0 Å². The quantitative estimate of drug-likeness (QED) is 0.818. The van der Waals surface area contributed by atoms with Crippen LogP contribution < -0.4 is 10.6 Å². The van der Waals surface area contributed by atoms with Gasteiger partial charge in [-0.2, -0.15) is 0 Å². The van der Waals surface area contributed by atoms with Crippen molar-refractivity contribution in [1.29, 1.82) is 0 Å². The topological polar surface area (TPSA) is 96.9 Å². The van der Waals surface area contributed by atoms with Gasteiger partial charge in [0, 0.05) is 36.5 Å². The second-order valence-corrected chi connectivity index (χ2v) is 6.74. The Kier molecular flexibility index (Phi) is 4.92. The Hall–Kier alpha value is -2.90. The first-order valence-electron chi connectivity index (χ1n) is 8.35. The maximum Gasteiger partial charge on any atom is 0.289 e. The standard InChI is InChI=1S/C18H20FN5O2/c1-11-5-20-6-12(2)14(11)16(25)23-9-18(3-4-18)10-24-17(26)15-21-7-13(19)8-22-15/h5-8H,3-4,9-10H2,1-2H3,(H,23,25)(H,24,26). The molecule has 1 saturated carbocycles. The van der Waals surface area contributed by atoms with Crippen molar-refractivity contribution >= 4 is 11.8 Å². The average Bonchev–Trinajstić information content (AvgIpc) is 3.39. The number of carbonyl (C=O) groups is 2. The molecule has 2 amide bonds. The molecule has 0 aliphatic heterocycles. The van der Waals surface area contributed by atoms with Crippen LogP contribution >= 0.6 is 0 Å². The van der Waals surface area contributed by atoms with Gasteiger partial charge in [0.2, 0.25) is 5.82 Å². The van der Waals surface area contributed by atoms with Gasteiger partial charge >= 0.3 is 0 Å². The minimum atomic E-state index is -0.593. The molecule has 0 spiro atoms. The predicted molar refractivity (Wildman–Crippen MR) is 92.0 cm³/mol. The minimum absolute atomic E-state index is 0.0747. The van der Waals surface area contributed by atoms with Gasteiger partial charge in [-0.1, -0.05) is 0 Å². The van der Waals surface area contributed by atoms with E-state index in [2.05, 4.69) is 25.6 Å². The highest BCUT2D eigenvalue weighted by Crippen LogP contribution is 2.44. The van der Waals surface area contributed by atoms with Crippen molar-refractivity contribution < 1.29 is 14.0 Å². The molecule has 0 unspecified atom stereocenters. The number of carbonyl (C=O) groups excluding carboxylic acids is 2. The van der Waals surface area contributed by atoms with Crippen LogP contribution in [0.25, 0.3) is 0 Å². The Morgan fingerprint density at radius 3 is 2.08 bits per heavy atom. The molecule has 2 N–H and O–H groups in total. The van der Waals surface area contributed by atoms with E-state index < -0.39 is 11.7 Å². The zero-order chi connectivity index (χ0) is 18.7. The number of nitrogens with one attached hydrogen (secondary N) is 2. The fourth-order valence-corrected chi connectivity index (χ4v) is 2.78. The third kappa shape index (κ3) is 4.01. The van der Waals surface area contributed by atoms with Crippen molar-refractivity contribution in [3.05, 3.63) is 53.1 Å². The second-order valence-electron chi connectivity index (χ2n) is 6.74. The number of rotatable bonds is 6. The van der Waals surface area contributed by atoms with E-state index in [0.717, 1.165) is 36.4 Å². The van der Waals surface area contributed by atoms with Crippen molar-refractivity contribution in [2.75, 3.05) is 13.1 Å². The molecular formula is C18H20FN5O2. The third-order valence-electron chi connectivity index (χ3n) is 4.58. The van der Waals surface area contributed by atoms with Crippen LogP contribution in [-0.4, -0.2) is 39.9 Å². The molecule has 136 valence electrons. The number of aromatic nitrogens is 3. The molecule has 3 rings (SSSR count). The van der Waals surface area contributed by atoms with E-state index in [1.807, 2.05) is 13.8 Å².